The zero-order chi connectivity index (χ0) is 18.1. The summed E-state index contributed by atoms with van der Waals surface area (Å²) in [7, 11) is 0. The van der Waals surface area contributed by atoms with Crippen molar-refractivity contribution in [3.05, 3.63) is 77.6 Å². The lowest BCUT2D eigenvalue weighted by atomic mass is 9.81. The number of carbonyl (C=O) groups excluding carboxylic acids is 1. The van der Waals surface area contributed by atoms with Gasteiger partial charge in [0.2, 0.25) is 0 Å². The summed E-state index contributed by atoms with van der Waals surface area (Å²) in [5.41, 5.74) is 2.46. The Morgan fingerprint density at radius 1 is 1.04 bits per heavy atom. The molecule has 1 atom stereocenters. The van der Waals surface area contributed by atoms with E-state index in [2.05, 4.69) is 36.1 Å². The first kappa shape index (κ1) is 17.0. The van der Waals surface area contributed by atoms with Crippen molar-refractivity contribution in [1.29, 1.82) is 0 Å². The average molecular weight is 351 g/mol. The molecule has 1 saturated heterocycles. The van der Waals surface area contributed by atoms with Crippen LogP contribution in [0.15, 0.2) is 60.7 Å². The molecule has 26 heavy (non-hydrogen) atoms. The van der Waals surface area contributed by atoms with Crippen LogP contribution in [0.5, 0.6) is 0 Å². The molecule has 2 aromatic carbocycles. The van der Waals surface area contributed by atoms with E-state index in [1.165, 1.54) is 17.7 Å². The van der Waals surface area contributed by atoms with Crippen molar-refractivity contribution in [1.82, 2.24) is 4.90 Å². The van der Waals surface area contributed by atoms with Crippen LogP contribution in [0, 0.1) is 5.82 Å². The second-order valence-electron chi connectivity index (χ2n) is 7.10. The summed E-state index contributed by atoms with van der Waals surface area (Å²) in [4.78, 5) is 14.4. The third kappa shape index (κ3) is 3.06. The average Bonchev–Trinajstić information content (AvgIpc) is 2.99. The summed E-state index contributed by atoms with van der Waals surface area (Å²) < 4.78 is 19.0. The molecule has 4 rings (SSSR count). The van der Waals surface area contributed by atoms with Crippen LogP contribution >= 0.6 is 0 Å². The molecule has 1 spiro atoms. The molecular formula is C22H22FNO2. The summed E-state index contributed by atoms with van der Waals surface area (Å²) in [5.74, 6) is -0.575. The van der Waals surface area contributed by atoms with Crippen LogP contribution in [0.25, 0.3) is 5.57 Å². The molecular weight excluding hydrogens is 329 g/mol. The Morgan fingerprint density at radius 2 is 1.69 bits per heavy atom. The Hall–Kier alpha value is -2.46. The lowest BCUT2D eigenvalue weighted by Crippen LogP contribution is -2.46. The minimum atomic E-state index is -0.582. The fourth-order valence-corrected chi connectivity index (χ4v) is 4.09. The Balaban J connectivity index is 1.53. The van der Waals surface area contributed by atoms with Crippen LogP contribution in [0.1, 0.15) is 36.9 Å². The number of likely N-dealkylation sites (tertiary alicyclic amines) is 1. The van der Waals surface area contributed by atoms with E-state index < -0.39 is 5.60 Å². The fraction of sp³-hybridized carbons (Fsp3) is 0.318. The topological polar surface area (TPSA) is 29.5 Å². The van der Waals surface area contributed by atoms with Crippen LogP contribution < -0.4 is 0 Å². The Kier molecular flexibility index (Phi) is 4.37. The van der Waals surface area contributed by atoms with Crippen LogP contribution in [-0.2, 0) is 9.53 Å². The highest BCUT2D eigenvalue weighted by Gasteiger charge is 2.46. The molecule has 3 nitrogen and oxygen atoms in total. The monoisotopic (exact) mass is 351 g/mol. The Morgan fingerprint density at radius 3 is 2.35 bits per heavy atom. The number of benzene rings is 2. The number of piperidine rings is 1. The highest BCUT2D eigenvalue weighted by Crippen LogP contribution is 2.44. The number of rotatable bonds is 3. The van der Waals surface area contributed by atoms with E-state index in [4.69, 9.17) is 4.74 Å². The third-order valence-electron chi connectivity index (χ3n) is 5.64. The van der Waals surface area contributed by atoms with Gasteiger partial charge in [0, 0.05) is 43.6 Å². The molecule has 134 valence electrons. The summed E-state index contributed by atoms with van der Waals surface area (Å²) in [5, 5.41) is 0. The Labute approximate surface area is 153 Å². The SMILES string of the molecule is CC(c1ccccc1)N1CCC2(CC1)OC(=O)C=C2c1ccc(F)cc1. The normalized spacial score (nSPS) is 20.7. The van der Waals surface area contributed by atoms with Gasteiger partial charge < -0.3 is 4.74 Å². The molecule has 0 radical (unpaired) electrons. The van der Waals surface area contributed by atoms with E-state index in [0.717, 1.165) is 37.1 Å². The van der Waals surface area contributed by atoms with Gasteiger partial charge in [-0.25, -0.2) is 9.18 Å². The number of hydrogen-bond donors (Lipinski definition) is 0. The van der Waals surface area contributed by atoms with Crippen LogP contribution in [0.4, 0.5) is 4.39 Å². The number of carbonyl (C=O) groups is 1. The van der Waals surface area contributed by atoms with Crippen molar-refractivity contribution in [2.45, 2.75) is 31.4 Å². The molecule has 0 aliphatic carbocycles. The molecule has 0 aromatic heterocycles. The summed E-state index contributed by atoms with van der Waals surface area (Å²) >= 11 is 0. The highest BCUT2D eigenvalue weighted by molar-refractivity contribution is 5.98. The largest absolute Gasteiger partial charge is 0.451 e. The number of nitrogens with zero attached hydrogens (tertiary/aromatic N) is 1. The zero-order valence-corrected chi connectivity index (χ0v) is 14.8. The number of halogens is 1. The molecule has 4 heteroatoms. The predicted molar refractivity (Wildman–Crippen MR) is 98.9 cm³/mol. The maximum absolute atomic E-state index is 13.3. The summed E-state index contributed by atoms with van der Waals surface area (Å²) in [6.07, 6.45) is 3.07. The molecule has 0 N–H and O–H groups in total. The molecule has 0 saturated carbocycles. The van der Waals surface area contributed by atoms with Crippen LogP contribution in [0.3, 0.4) is 0 Å². The first-order valence-electron chi connectivity index (χ1n) is 9.07. The van der Waals surface area contributed by atoms with Gasteiger partial charge in [-0.1, -0.05) is 42.5 Å². The van der Waals surface area contributed by atoms with E-state index >= 15 is 0 Å². The first-order valence-corrected chi connectivity index (χ1v) is 9.07. The van der Waals surface area contributed by atoms with E-state index in [-0.39, 0.29) is 11.8 Å². The van der Waals surface area contributed by atoms with Crippen molar-refractivity contribution in [2.24, 2.45) is 0 Å². The van der Waals surface area contributed by atoms with Gasteiger partial charge in [-0.2, -0.15) is 0 Å². The van der Waals surface area contributed by atoms with E-state index in [0.29, 0.717) is 6.04 Å². The molecule has 1 unspecified atom stereocenters. The second kappa shape index (κ2) is 6.69. The van der Waals surface area contributed by atoms with Gasteiger partial charge in [0.15, 0.2) is 0 Å². The summed E-state index contributed by atoms with van der Waals surface area (Å²) in [6, 6.07) is 17.1. The van der Waals surface area contributed by atoms with Crippen LogP contribution in [0.2, 0.25) is 0 Å². The molecule has 0 bridgehead atoms. The molecule has 2 aliphatic heterocycles. The first-order chi connectivity index (χ1) is 12.6. The van der Waals surface area contributed by atoms with Crippen molar-refractivity contribution >= 4 is 11.5 Å². The quantitative estimate of drug-likeness (QED) is 0.770. The summed E-state index contributed by atoms with van der Waals surface area (Å²) in [6.45, 7) is 3.91. The second-order valence-corrected chi connectivity index (χ2v) is 7.10. The van der Waals surface area contributed by atoms with Gasteiger partial charge in [0.05, 0.1) is 0 Å². The minimum Gasteiger partial charge on any atom is -0.451 e. The van der Waals surface area contributed by atoms with E-state index in [9.17, 15) is 9.18 Å². The highest BCUT2D eigenvalue weighted by atomic mass is 19.1. The Bertz CT molecular complexity index is 821. The minimum absolute atomic E-state index is 0.278. The molecule has 0 amide bonds. The zero-order valence-electron chi connectivity index (χ0n) is 14.8. The smallest absolute Gasteiger partial charge is 0.332 e. The van der Waals surface area contributed by atoms with Crippen molar-refractivity contribution in [3.8, 4) is 0 Å². The maximum Gasteiger partial charge on any atom is 0.332 e. The van der Waals surface area contributed by atoms with E-state index in [1.54, 1.807) is 18.2 Å². The lowest BCUT2D eigenvalue weighted by molar-refractivity contribution is -0.148. The molecule has 2 aromatic rings. The number of esters is 1. The van der Waals surface area contributed by atoms with Gasteiger partial charge in [0.25, 0.3) is 0 Å². The predicted octanol–water partition coefficient (Wildman–Crippen LogP) is 4.36. The molecule has 1 fully saturated rings. The van der Waals surface area contributed by atoms with Gasteiger partial charge in [0.1, 0.15) is 11.4 Å². The van der Waals surface area contributed by atoms with Gasteiger partial charge >= 0.3 is 5.97 Å². The standard InChI is InChI=1S/C22H22FNO2/c1-16(17-5-3-2-4-6-17)24-13-11-22(12-14-24)20(15-21(25)26-22)18-7-9-19(23)10-8-18/h2-10,15-16H,11-14H2,1H3. The van der Waals surface area contributed by atoms with Crippen LogP contribution in [-0.4, -0.2) is 29.6 Å². The number of hydrogen-bond acceptors (Lipinski definition) is 3. The van der Waals surface area contributed by atoms with Gasteiger partial charge in [-0.15, -0.1) is 0 Å². The van der Waals surface area contributed by atoms with Gasteiger partial charge in [-0.3, -0.25) is 4.90 Å². The number of ether oxygens (including phenoxy) is 1. The van der Waals surface area contributed by atoms with Crippen molar-refractivity contribution < 1.29 is 13.9 Å². The van der Waals surface area contributed by atoms with Gasteiger partial charge in [-0.05, 0) is 30.2 Å². The van der Waals surface area contributed by atoms with E-state index in [1.807, 2.05) is 6.07 Å². The molecule has 2 aliphatic rings. The molecule has 2 heterocycles. The van der Waals surface area contributed by atoms with Crippen molar-refractivity contribution in [2.75, 3.05) is 13.1 Å². The fourth-order valence-electron chi connectivity index (χ4n) is 4.09. The van der Waals surface area contributed by atoms with Crippen molar-refractivity contribution in [3.63, 3.8) is 0 Å². The lowest BCUT2D eigenvalue weighted by Gasteiger charge is -2.42. The third-order valence-corrected chi connectivity index (χ3v) is 5.64. The maximum atomic E-state index is 13.3.